The minimum atomic E-state index is -0.0254. The largest absolute Gasteiger partial charge is 0.364 e. The molecule has 1 N–H and O–H groups in total. The Kier molecular flexibility index (Phi) is 4.69. The van der Waals surface area contributed by atoms with Crippen molar-refractivity contribution in [1.82, 2.24) is 15.1 Å². The summed E-state index contributed by atoms with van der Waals surface area (Å²) < 4.78 is 4.78. The lowest BCUT2D eigenvalue weighted by molar-refractivity contribution is 0.125. The van der Waals surface area contributed by atoms with Crippen molar-refractivity contribution in [3.05, 3.63) is 0 Å². The molecule has 0 aliphatic carbocycles. The Hall–Kier alpha value is -0.810. The van der Waals surface area contributed by atoms with Gasteiger partial charge in [0.1, 0.15) is 6.73 Å². The number of ether oxygens (including phenoxy) is 1. The summed E-state index contributed by atoms with van der Waals surface area (Å²) in [4.78, 5) is 15.6. The lowest BCUT2D eigenvalue weighted by atomic mass is 10.3. The van der Waals surface area contributed by atoms with Gasteiger partial charge in [0, 0.05) is 33.3 Å². The Labute approximate surface area is 85.0 Å². The van der Waals surface area contributed by atoms with E-state index in [4.69, 9.17) is 4.74 Å². The molecule has 2 amide bonds. The van der Waals surface area contributed by atoms with Crippen LogP contribution in [0.15, 0.2) is 0 Å². The van der Waals surface area contributed by atoms with Gasteiger partial charge in [0.2, 0.25) is 0 Å². The fraction of sp³-hybridized carbons (Fsp3) is 0.889. The number of carbonyl (C=O) groups is 1. The molecular weight excluding hydrogens is 182 g/mol. The van der Waals surface area contributed by atoms with E-state index < -0.39 is 0 Å². The first-order chi connectivity index (χ1) is 6.77. The van der Waals surface area contributed by atoms with Crippen molar-refractivity contribution in [3.63, 3.8) is 0 Å². The number of likely N-dealkylation sites (N-methyl/N-ethyl adjacent to an activating group) is 1. The molecule has 0 bridgehead atoms. The highest BCUT2D eigenvalue weighted by Crippen LogP contribution is 2.00. The molecule has 5 heteroatoms. The Morgan fingerprint density at radius 1 is 1.36 bits per heavy atom. The number of piperazine rings is 1. The summed E-state index contributed by atoms with van der Waals surface area (Å²) in [6.45, 7) is 7.04. The van der Waals surface area contributed by atoms with Crippen LogP contribution in [0.4, 0.5) is 4.79 Å². The predicted octanol–water partition coefficient (Wildman–Crippen LogP) is -0.0626. The number of hydrogen-bond donors (Lipinski definition) is 1. The van der Waals surface area contributed by atoms with E-state index >= 15 is 0 Å². The van der Waals surface area contributed by atoms with Crippen LogP contribution in [0.25, 0.3) is 0 Å². The molecule has 1 fully saturated rings. The number of rotatable bonds is 3. The summed E-state index contributed by atoms with van der Waals surface area (Å²) in [6, 6.07) is -0.0254. The van der Waals surface area contributed by atoms with Crippen LogP contribution in [0.3, 0.4) is 0 Å². The van der Waals surface area contributed by atoms with Gasteiger partial charge < -0.3 is 19.9 Å². The fourth-order valence-electron chi connectivity index (χ4n) is 1.51. The molecule has 0 saturated carbocycles. The van der Waals surface area contributed by atoms with Crippen molar-refractivity contribution in [2.45, 2.75) is 6.92 Å². The smallest absolute Gasteiger partial charge is 0.319 e. The first-order valence-electron chi connectivity index (χ1n) is 5.02. The second-order valence-electron chi connectivity index (χ2n) is 3.34. The third-order valence-corrected chi connectivity index (χ3v) is 2.47. The van der Waals surface area contributed by atoms with Crippen LogP contribution in [0.5, 0.6) is 0 Å². The third kappa shape index (κ3) is 3.16. The van der Waals surface area contributed by atoms with Gasteiger partial charge >= 0.3 is 6.03 Å². The van der Waals surface area contributed by atoms with Crippen LogP contribution in [-0.4, -0.2) is 62.4 Å². The van der Waals surface area contributed by atoms with Crippen molar-refractivity contribution in [2.24, 2.45) is 0 Å². The van der Waals surface area contributed by atoms with E-state index in [1.165, 1.54) is 0 Å². The number of hydrogen-bond acceptors (Lipinski definition) is 3. The maximum Gasteiger partial charge on any atom is 0.319 e. The van der Waals surface area contributed by atoms with Crippen molar-refractivity contribution in [3.8, 4) is 0 Å². The highest BCUT2D eigenvalue weighted by Gasteiger charge is 2.19. The topological polar surface area (TPSA) is 44.8 Å². The number of carbonyl (C=O) groups excluding carboxylic acids is 1. The highest BCUT2D eigenvalue weighted by molar-refractivity contribution is 5.74. The van der Waals surface area contributed by atoms with E-state index in [0.717, 1.165) is 32.7 Å². The summed E-state index contributed by atoms with van der Waals surface area (Å²) in [6.07, 6.45) is 0. The Bertz CT molecular complexity index is 179. The summed E-state index contributed by atoms with van der Waals surface area (Å²) >= 11 is 0. The fourth-order valence-corrected chi connectivity index (χ4v) is 1.51. The molecule has 1 aliphatic heterocycles. The van der Waals surface area contributed by atoms with Crippen LogP contribution < -0.4 is 5.32 Å². The molecular formula is C9H19N3O2. The third-order valence-electron chi connectivity index (χ3n) is 2.47. The molecule has 5 nitrogen and oxygen atoms in total. The normalized spacial score (nSPS) is 18.3. The second-order valence-corrected chi connectivity index (χ2v) is 3.34. The minimum absolute atomic E-state index is 0.0254. The molecule has 0 atom stereocenters. The molecule has 0 aromatic carbocycles. The second kappa shape index (κ2) is 5.82. The first-order valence-corrected chi connectivity index (χ1v) is 5.02. The number of nitrogens with one attached hydrogen (secondary N) is 1. The Morgan fingerprint density at radius 3 is 2.50 bits per heavy atom. The van der Waals surface area contributed by atoms with Crippen LogP contribution in [0, 0.1) is 0 Å². The van der Waals surface area contributed by atoms with Crippen LogP contribution in [-0.2, 0) is 4.74 Å². The van der Waals surface area contributed by atoms with E-state index in [1.54, 1.807) is 7.11 Å². The quantitative estimate of drug-likeness (QED) is 0.650. The van der Waals surface area contributed by atoms with Crippen molar-refractivity contribution >= 4 is 6.03 Å². The zero-order valence-corrected chi connectivity index (χ0v) is 8.95. The first kappa shape index (κ1) is 11.3. The van der Waals surface area contributed by atoms with E-state index in [-0.39, 0.29) is 12.8 Å². The zero-order chi connectivity index (χ0) is 10.4. The average molecular weight is 201 g/mol. The van der Waals surface area contributed by atoms with Gasteiger partial charge in [-0.25, -0.2) is 4.79 Å². The highest BCUT2D eigenvalue weighted by atomic mass is 16.5. The SMILES string of the molecule is CCN1CCN(C(=O)NCOC)CC1. The number of methoxy groups -OCH3 is 1. The van der Waals surface area contributed by atoms with E-state index in [1.807, 2.05) is 4.90 Å². The molecule has 0 aromatic heterocycles. The monoisotopic (exact) mass is 201 g/mol. The zero-order valence-electron chi connectivity index (χ0n) is 8.95. The van der Waals surface area contributed by atoms with Gasteiger partial charge in [0.05, 0.1) is 0 Å². The van der Waals surface area contributed by atoms with Crippen LogP contribution >= 0.6 is 0 Å². The Morgan fingerprint density at radius 2 is 2.00 bits per heavy atom. The molecule has 1 rings (SSSR count). The predicted molar refractivity (Wildman–Crippen MR) is 54.1 cm³/mol. The summed E-state index contributed by atoms with van der Waals surface area (Å²) in [7, 11) is 1.56. The van der Waals surface area contributed by atoms with Gasteiger partial charge in [0.15, 0.2) is 0 Å². The Balaban J connectivity index is 2.23. The molecule has 1 aliphatic rings. The average Bonchev–Trinajstić information content (AvgIpc) is 2.26. The van der Waals surface area contributed by atoms with Gasteiger partial charge in [-0.15, -0.1) is 0 Å². The summed E-state index contributed by atoms with van der Waals surface area (Å²) in [5.41, 5.74) is 0. The number of amides is 2. The van der Waals surface area contributed by atoms with E-state index in [0.29, 0.717) is 0 Å². The standard InChI is InChI=1S/C9H19N3O2/c1-3-11-4-6-12(7-5-11)9(13)10-8-14-2/h3-8H2,1-2H3,(H,10,13). The molecule has 0 aromatic rings. The van der Waals surface area contributed by atoms with Crippen molar-refractivity contribution < 1.29 is 9.53 Å². The van der Waals surface area contributed by atoms with Crippen molar-refractivity contribution in [2.75, 3.05) is 46.6 Å². The number of nitrogens with zero attached hydrogens (tertiary/aromatic N) is 2. The lowest BCUT2D eigenvalue weighted by Crippen LogP contribution is -2.51. The van der Waals surface area contributed by atoms with Gasteiger partial charge in [-0.2, -0.15) is 0 Å². The van der Waals surface area contributed by atoms with E-state index in [9.17, 15) is 4.79 Å². The molecule has 0 unspecified atom stereocenters. The molecule has 1 heterocycles. The van der Waals surface area contributed by atoms with Gasteiger partial charge in [-0.1, -0.05) is 6.92 Å². The molecule has 0 radical (unpaired) electrons. The van der Waals surface area contributed by atoms with Gasteiger partial charge in [0.25, 0.3) is 0 Å². The van der Waals surface area contributed by atoms with Crippen LogP contribution in [0.2, 0.25) is 0 Å². The maximum absolute atomic E-state index is 11.5. The maximum atomic E-state index is 11.5. The van der Waals surface area contributed by atoms with E-state index in [2.05, 4.69) is 17.1 Å². The summed E-state index contributed by atoms with van der Waals surface area (Å²) in [5, 5.41) is 2.68. The lowest BCUT2D eigenvalue weighted by Gasteiger charge is -2.33. The molecule has 82 valence electrons. The molecule has 1 saturated heterocycles. The molecule has 14 heavy (non-hydrogen) atoms. The molecule has 0 spiro atoms. The van der Waals surface area contributed by atoms with Gasteiger partial charge in [-0.05, 0) is 6.54 Å². The van der Waals surface area contributed by atoms with Crippen LogP contribution in [0.1, 0.15) is 6.92 Å². The van der Waals surface area contributed by atoms with Gasteiger partial charge in [-0.3, -0.25) is 0 Å². The minimum Gasteiger partial charge on any atom is -0.364 e. The van der Waals surface area contributed by atoms with Crippen molar-refractivity contribution in [1.29, 1.82) is 0 Å². The number of urea groups is 1. The summed E-state index contributed by atoms with van der Waals surface area (Å²) in [5.74, 6) is 0.